The third-order valence-corrected chi connectivity index (χ3v) is 3.26. The molecule has 0 aromatic rings. The summed E-state index contributed by atoms with van der Waals surface area (Å²) in [4.78, 5) is 68.0. The molecule has 0 fully saturated rings. The molecule has 0 saturated heterocycles. The molecule has 0 spiro atoms. The van der Waals surface area contributed by atoms with E-state index in [9.17, 15) is 28.8 Å². The van der Waals surface area contributed by atoms with E-state index >= 15 is 0 Å². The topological polar surface area (TPSA) is 231 Å². The van der Waals surface area contributed by atoms with Crippen molar-refractivity contribution in [3.05, 3.63) is 0 Å². The number of carbonyl (C=O) groups excluding carboxylic acids is 4. The lowest BCUT2D eigenvalue weighted by Gasteiger charge is -2.21. The molecular weight excluding hydrogens is 366 g/mol. The summed E-state index contributed by atoms with van der Waals surface area (Å²) in [5, 5.41) is 24.1. The molecule has 0 aliphatic heterocycles. The van der Waals surface area contributed by atoms with Crippen LogP contribution in [0.2, 0.25) is 0 Å². The van der Waals surface area contributed by atoms with Crippen LogP contribution in [0.5, 0.6) is 0 Å². The Kier molecular flexibility index (Phi) is 10.0. The van der Waals surface area contributed by atoms with Gasteiger partial charge in [-0.2, -0.15) is 0 Å². The molecule has 0 aliphatic carbocycles. The minimum atomic E-state index is -1.57. The van der Waals surface area contributed by atoms with Crippen molar-refractivity contribution in [1.29, 1.82) is 0 Å². The van der Waals surface area contributed by atoms with E-state index in [4.69, 9.17) is 21.7 Å². The third-order valence-electron chi connectivity index (χ3n) is 3.26. The maximum atomic E-state index is 12.2. The third kappa shape index (κ3) is 9.74. The molecule has 0 heterocycles. The van der Waals surface area contributed by atoms with Gasteiger partial charge in [-0.25, -0.2) is 4.79 Å². The smallest absolute Gasteiger partial charge is 0.326 e. The zero-order valence-electron chi connectivity index (χ0n) is 14.6. The maximum absolute atomic E-state index is 12.2. The number of nitrogens with one attached hydrogen (secondary N) is 3. The zero-order chi connectivity index (χ0) is 21.1. The van der Waals surface area contributed by atoms with Gasteiger partial charge in [0.15, 0.2) is 0 Å². The highest BCUT2D eigenvalue weighted by Gasteiger charge is 2.28. The van der Waals surface area contributed by atoms with Crippen molar-refractivity contribution < 1.29 is 39.0 Å². The van der Waals surface area contributed by atoms with Crippen LogP contribution in [0.25, 0.3) is 0 Å². The first-order valence-electron chi connectivity index (χ1n) is 7.81. The van der Waals surface area contributed by atoms with Crippen molar-refractivity contribution in [3.8, 4) is 0 Å². The Hall–Kier alpha value is -3.22. The number of hydrogen-bond donors (Lipinski definition) is 7. The fourth-order valence-electron chi connectivity index (χ4n) is 1.87. The van der Waals surface area contributed by atoms with Crippen molar-refractivity contribution in [2.45, 2.75) is 44.3 Å². The summed E-state index contributed by atoms with van der Waals surface area (Å²) in [5.74, 6) is -6.11. The molecule has 13 nitrogen and oxygen atoms in total. The molecule has 4 amide bonds. The van der Waals surface area contributed by atoms with Crippen LogP contribution in [-0.2, 0) is 28.8 Å². The standard InChI is InChI=1S/C14H23N5O8/c1-6(12(24)19-8(14(26)27)4-9(16)20)17-13(25)7(2-3-11(22)23)18-10(21)5-15/h6-8H,2-5,15H2,1H3,(H2,16,20)(H,17,25)(H,18,21)(H,19,24)(H,22,23)(H,26,27). The summed E-state index contributed by atoms with van der Waals surface area (Å²) in [7, 11) is 0. The molecule has 0 rings (SSSR count). The van der Waals surface area contributed by atoms with Crippen LogP contribution in [0, 0.1) is 0 Å². The van der Waals surface area contributed by atoms with Crippen molar-refractivity contribution >= 4 is 35.6 Å². The summed E-state index contributed by atoms with van der Waals surface area (Å²) in [6, 6.07) is -4.07. The van der Waals surface area contributed by atoms with Crippen LogP contribution in [-0.4, -0.2) is 70.5 Å². The number of carboxylic acid groups (broad SMARTS) is 2. The lowest BCUT2D eigenvalue weighted by Crippen LogP contribution is -2.55. The molecule has 0 aromatic carbocycles. The number of hydrogen-bond acceptors (Lipinski definition) is 7. The number of aliphatic carboxylic acids is 2. The number of primary amides is 1. The number of rotatable bonds is 12. The second kappa shape index (κ2) is 11.4. The Morgan fingerprint density at radius 1 is 0.926 bits per heavy atom. The van der Waals surface area contributed by atoms with Crippen molar-refractivity contribution in [1.82, 2.24) is 16.0 Å². The highest BCUT2D eigenvalue weighted by molar-refractivity contribution is 5.94. The largest absolute Gasteiger partial charge is 0.481 e. The fourth-order valence-corrected chi connectivity index (χ4v) is 1.87. The monoisotopic (exact) mass is 389 g/mol. The quantitative estimate of drug-likeness (QED) is 0.173. The normalized spacial score (nSPS) is 13.6. The summed E-state index contributed by atoms with van der Waals surface area (Å²) >= 11 is 0. The highest BCUT2D eigenvalue weighted by Crippen LogP contribution is 2.00. The van der Waals surface area contributed by atoms with Crippen LogP contribution in [0.4, 0.5) is 0 Å². The van der Waals surface area contributed by atoms with E-state index < -0.39 is 73.1 Å². The number of carboxylic acids is 2. The van der Waals surface area contributed by atoms with Gasteiger partial charge < -0.3 is 37.6 Å². The SMILES string of the molecule is CC(NC(=O)C(CCC(=O)O)NC(=O)CN)C(=O)NC(CC(N)=O)C(=O)O. The van der Waals surface area contributed by atoms with E-state index in [0.29, 0.717) is 0 Å². The molecule has 152 valence electrons. The van der Waals surface area contributed by atoms with Gasteiger partial charge >= 0.3 is 11.9 Å². The van der Waals surface area contributed by atoms with E-state index in [-0.39, 0.29) is 6.42 Å². The summed E-state index contributed by atoms with van der Waals surface area (Å²) in [6.45, 7) is 0.801. The highest BCUT2D eigenvalue weighted by atomic mass is 16.4. The van der Waals surface area contributed by atoms with E-state index in [2.05, 4.69) is 10.6 Å². The molecule has 0 saturated carbocycles. The molecule has 13 heteroatoms. The predicted molar refractivity (Wildman–Crippen MR) is 88.8 cm³/mol. The maximum Gasteiger partial charge on any atom is 0.326 e. The average Bonchev–Trinajstić information content (AvgIpc) is 2.56. The molecule has 9 N–H and O–H groups in total. The molecule has 0 aromatic heterocycles. The lowest BCUT2D eigenvalue weighted by molar-refractivity contribution is -0.143. The minimum Gasteiger partial charge on any atom is -0.481 e. The molecular formula is C14H23N5O8. The second-order valence-electron chi connectivity index (χ2n) is 5.56. The van der Waals surface area contributed by atoms with Gasteiger partial charge in [0.1, 0.15) is 18.1 Å². The Bertz CT molecular complexity index is 608. The van der Waals surface area contributed by atoms with Crippen molar-refractivity contribution in [2.24, 2.45) is 11.5 Å². The van der Waals surface area contributed by atoms with Gasteiger partial charge in [0, 0.05) is 6.42 Å². The fraction of sp³-hybridized carbons (Fsp3) is 0.571. The van der Waals surface area contributed by atoms with Gasteiger partial charge in [-0.15, -0.1) is 0 Å². The summed E-state index contributed by atoms with van der Waals surface area (Å²) in [6.07, 6.45) is -1.32. The first-order valence-corrected chi connectivity index (χ1v) is 7.81. The van der Waals surface area contributed by atoms with Gasteiger partial charge in [0.2, 0.25) is 23.6 Å². The van der Waals surface area contributed by atoms with Crippen LogP contribution in [0.15, 0.2) is 0 Å². The van der Waals surface area contributed by atoms with Crippen LogP contribution in [0.1, 0.15) is 26.2 Å². The van der Waals surface area contributed by atoms with Gasteiger partial charge in [0.05, 0.1) is 13.0 Å². The first-order chi connectivity index (χ1) is 12.5. The summed E-state index contributed by atoms with van der Waals surface area (Å²) in [5.41, 5.74) is 10.0. The molecule has 0 aliphatic rings. The van der Waals surface area contributed by atoms with E-state index in [1.54, 1.807) is 0 Å². The Morgan fingerprint density at radius 3 is 1.96 bits per heavy atom. The van der Waals surface area contributed by atoms with Crippen LogP contribution in [0.3, 0.4) is 0 Å². The number of carbonyl (C=O) groups is 6. The van der Waals surface area contributed by atoms with Crippen molar-refractivity contribution in [2.75, 3.05) is 6.54 Å². The molecule has 27 heavy (non-hydrogen) atoms. The minimum absolute atomic E-state index is 0.249. The van der Waals surface area contributed by atoms with Gasteiger partial charge in [0.25, 0.3) is 0 Å². The Labute approximate surface area is 153 Å². The predicted octanol–water partition coefficient (Wildman–Crippen LogP) is -3.76. The lowest BCUT2D eigenvalue weighted by atomic mass is 10.1. The second-order valence-corrected chi connectivity index (χ2v) is 5.56. The average molecular weight is 389 g/mol. The number of nitrogens with two attached hydrogens (primary N) is 2. The van der Waals surface area contributed by atoms with Crippen LogP contribution < -0.4 is 27.4 Å². The van der Waals surface area contributed by atoms with E-state index in [1.807, 2.05) is 5.32 Å². The van der Waals surface area contributed by atoms with Crippen molar-refractivity contribution in [3.63, 3.8) is 0 Å². The molecule has 3 unspecified atom stereocenters. The van der Waals surface area contributed by atoms with Crippen LogP contribution >= 0.6 is 0 Å². The zero-order valence-corrected chi connectivity index (χ0v) is 14.6. The Balaban J connectivity index is 4.94. The van der Waals surface area contributed by atoms with Gasteiger partial charge in [-0.3, -0.25) is 24.0 Å². The molecule has 3 atom stereocenters. The first kappa shape index (κ1) is 23.8. The Morgan fingerprint density at radius 2 is 1.52 bits per heavy atom. The molecule has 0 radical (unpaired) electrons. The van der Waals surface area contributed by atoms with E-state index in [0.717, 1.165) is 0 Å². The number of amides is 4. The summed E-state index contributed by atoms with van der Waals surface area (Å²) < 4.78 is 0. The van der Waals surface area contributed by atoms with E-state index in [1.165, 1.54) is 6.92 Å². The molecule has 0 bridgehead atoms. The van der Waals surface area contributed by atoms with Gasteiger partial charge in [-0.05, 0) is 13.3 Å². The van der Waals surface area contributed by atoms with Gasteiger partial charge in [-0.1, -0.05) is 0 Å².